The predicted molar refractivity (Wildman–Crippen MR) is 92.5 cm³/mol. The van der Waals surface area contributed by atoms with Gasteiger partial charge in [-0.2, -0.15) is 5.10 Å². The van der Waals surface area contributed by atoms with Crippen LogP contribution in [0.25, 0.3) is 10.9 Å². The molecule has 0 aliphatic carbocycles. The van der Waals surface area contributed by atoms with Crippen LogP contribution in [0.3, 0.4) is 0 Å². The second-order valence-electron chi connectivity index (χ2n) is 5.28. The molecule has 0 fully saturated rings. The molecule has 0 saturated heterocycles. The van der Waals surface area contributed by atoms with Gasteiger partial charge >= 0.3 is 0 Å². The number of ether oxygens (including phenoxy) is 1. The molecule has 2 heterocycles. The highest BCUT2D eigenvalue weighted by Crippen LogP contribution is 2.23. The van der Waals surface area contributed by atoms with Crippen molar-refractivity contribution in [1.29, 1.82) is 0 Å². The Kier molecular flexibility index (Phi) is 4.60. The van der Waals surface area contributed by atoms with Crippen molar-refractivity contribution in [1.82, 2.24) is 20.1 Å². The van der Waals surface area contributed by atoms with Gasteiger partial charge in [0.15, 0.2) is 0 Å². The van der Waals surface area contributed by atoms with Crippen molar-refractivity contribution in [3.8, 4) is 5.88 Å². The number of fused-ring (bicyclic) bond motifs is 1. The number of hydrogen-bond acceptors (Lipinski definition) is 5. The molecule has 3 aromatic rings. The zero-order valence-electron chi connectivity index (χ0n) is 13.8. The Balaban J connectivity index is 1.86. The highest BCUT2D eigenvalue weighted by Gasteiger charge is 2.14. The Morgan fingerprint density at radius 3 is 2.84 bits per heavy atom. The summed E-state index contributed by atoms with van der Waals surface area (Å²) in [5.41, 5.74) is 1.61. The minimum atomic E-state index is -0.309. The van der Waals surface area contributed by atoms with Crippen LogP contribution in [0.4, 0.5) is 5.69 Å². The van der Waals surface area contributed by atoms with E-state index in [9.17, 15) is 9.59 Å². The number of benzene rings is 1. The molecular weight excluding hydrogens is 322 g/mol. The molecule has 0 saturated carbocycles. The summed E-state index contributed by atoms with van der Waals surface area (Å²) in [5, 5.41) is 10.1. The van der Waals surface area contributed by atoms with E-state index in [2.05, 4.69) is 20.7 Å². The lowest BCUT2D eigenvalue weighted by atomic mass is 10.1. The molecule has 0 unspecified atom stereocenters. The number of carbonyl (C=O) groups excluding carboxylic acids is 2. The number of likely N-dealkylation sites (N-methyl/N-ethyl adjacent to an activating group) is 1. The smallest absolute Gasteiger partial charge is 0.256 e. The van der Waals surface area contributed by atoms with Crippen LogP contribution in [0.1, 0.15) is 10.4 Å². The summed E-state index contributed by atoms with van der Waals surface area (Å²) in [6, 6.07) is 8.92. The first kappa shape index (κ1) is 16.4. The lowest BCUT2D eigenvalue weighted by Crippen LogP contribution is -2.23. The Bertz CT molecular complexity index is 935. The summed E-state index contributed by atoms with van der Waals surface area (Å²) < 4.78 is 6.62. The zero-order chi connectivity index (χ0) is 17.8. The van der Waals surface area contributed by atoms with E-state index in [0.717, 1.165) is 5.39 Å². The topological polar surface area (TPSA) is 98.1 Å². The lowest BCUT2D eigenvalue weighted by molar-refractivity contribution is -0.121. The number of methoxy groups -OCH3 is 1. The molecule has 0 bridgehead atoms. The number of nitrogens with one attached hydrogen (secondary N) is 2. The number of amides is 2. The minimum Gasteiger partial charge on any atom is -0.481 e. The molecule has 0 radical (unpaired) electrons. The van der Waals surface area contributed by atoms with Crippen LogP contribution in [0.5, 0.6) is 5.88 Å². The highest BCUT2D eigenvalue weighted by molar-refractivity contribution is 6.12. The molecular formula is C17H17N5O3. The van der Waals surface area contributed by atoms with Gasteiger partial charge in [-0.25, -0.2) is 4.98 Å². The van der Waals surface area contributed by atoms with Crippen molar-refractivity contribution in [3.05, 3.63) is 48.3 Å². The van der Waals surface area contributed by atoms with Crippen LogP contribution in [-0.2, 0) is 11.3 Å². The number of nitrogens with zero attached hydrogens (tertiary/aromatic N) is 3. The van der Waals surface area contributed by atoms with Crippen LogP contribution in [0.15, 0.2) is 42.7 Å². The third-order valence-electron chi connectivity index (χ3n) is 3.62. The molecule has 0 aliphatic rings. The normalized spacial score (nSPS) is 10.5. The standard InChI is InChI=1S/C17H17N5O3/c1-18-15(23)10-22-9-11(8-19-22)20-17(24)13-7-16(25-2)21-14-6-4-3-5-12(13)14/h3-9H,10H2,1-2H3,(H,18,23)(H,20,24). The number of anilines is 1. The largest absolute Gasteiger partial charge is 0.481 e. The fourth-order valence-corrected chi connectivity index (χ4v) is 2.38. The summed E-state index contributed by atoms with van der Waals surface area (Å²) in [7, 11) is 3.05. The minimum absolute atomic E-state index is 0.0817. The first-order valence-electron chi connectivity index (χ1n) is 7.59. The van der Waals surface area contributed by atoms with E-state index in [1.54, 1.807) is 19.3 Å². The van der Waals surface area contributed by atoms with Gasteiger partial charge in [-0.1, -0.05) is 18.2 Å². The number of rotatable bonds is 5. The molecule has 8 heteroatoms. The van der Waals surface area contributed by atoms with Gasteiger partial charge in [-0.05, 0) is 6.07 Å². The molecule has 128 valence electrons. The van der Waals surface area contributed by atoms with E-state index in [0.29, 0.717) is 22.6 Å². The fourth-order valence-electron chi connectivity index (χ4n) is 2.38. The summed E-state index contributed by atoms with van der Waals surface area (Å²) in [6.07, 6.45) is 3.08. The molecule has 25 heavy (non-hydrogen) atoms. The van der Waals surface area contributed by atoms with Crippen LogP contribution >= 0.6 is 0 Å². The van der Waals surface area contributed by atoms with E-state index in [-0.39, 0.29) is 18.4 Å². The summed E-state index contributed by atoms with van der Waals surface area (Å²) in [6.45, 7) is 0.0817. The van der Waals surface area contributed by atoms with Crippen LogP contribution in [0, 0.1) is 0 Å². The zero-order valence-corrected chi connectivity index (χ0v) is 13.8. The van der Waals surface area contributed by atoms with Gasteiger partial charge in [0, 0.05) is 24.7 Å². The maximum atomic E-state index is 12.7. The van der Waals surface area contributed by atoms with E-state index < -0.39 is 0 Å². The van der Waals surface area contributed by atoms with Gasteiger partial charge in [0.05, 0.1) is 30.1 Å². The number of para-hydroxylation sites is 1. The Labute approximate surface area is 143 Å². The first-order valence-corrected chi connectivity index (χ1v) is 7.59. The Morgan fingerprint density at radius 1 is 1.28 bits per heavy atom. The monoisotopic (exact) mass is 339 g/mol. The molecule has 2 amide bonds. The van der Waals surface area contributed by atoms with E-state index in [1.165, 1.54) is 18.0 Å². The van der Waals surface area contributed by atoms with Gasteiger partial charge in [0.25, 0.3) is 5.91 Å². The number of carbonyl (C=O) groups is 2. The molecule has 0 atom stereocenters. The third-order valence-corrected chi connectivity index (χ3v) is 3.62. The van der Waals surface area contributed by atoms with E-state index in [4.69, 9.17) is 4.74 Å². The van der Waals surface area contributed by atoms with Crippen molar-refractivity contribution in [2.75, 3.05) is 19.5 Å². The van der Waals surface area contributed by atoms with Crippen LogP contribution in [0.2, 0.25) is 0 Å². The Morgan fingerprint density at radius 2 is 2.08 bits per heavy atom. The molecule has 2 N–H and O–H groups in total. The van der Waals surface area contributed by atoms with E-state index >= 15 is 0 Å². The number of hydrogen-bond donors (Lipinski definition) is 2. The maximum Gasteiger partial charge on any atom is 0.256 e. The average Bonchev–Trinajstić information content (AvgIpc) is 3.07. The van der Waals surface area contributed by atoms with E-state index in [1.807, 2.05) is 24.3 Å². The van der Waals surface area contributed by atoms with Gasteiger partial charge in [-0.15, -0.1) is 0 Å². The second kappa shape index (κ2) is 7.00. The highest BCUT2D eigenvalue weighted by atomic mass is 16.5. The molecule has 2 aromatic heterocycles. The van der Waals surface area contributed by atoms with Gasteiger partial charge in [-0.3, -0.25) is 14.3 Å². The second-order valence-corrected chi connectivity index (χ2v) is 5.28. The van der Waals surface area contributed by atoms with Crippen LogP contribution < -0.4 is 15.4 Å². The summed E-state index contributed by atoms with van der Waals surface area (Å²) in [4.78, 5) is 28.4. The van der Waals surface area contributed by atoms with Crippen molar-refractivity contribution < 1.29 is 14.3 Å². The molecule has 1 aromatic carbocycles. The summed E-state index contributed by atoms with van der Waals surface area (Å²) in [5.74, 6) is -0.124. The van der Waals surface area contributed by atoms with Crippen molar-refractivity contribution in [2.24, 2.45) is 0 Å². The molecule has 3 rings (SSSR count). The average molecular weight is 339 g/mol. The molecule has 0 spiro atoms. The van der Waals surface area contributed by atoms with Gasteiger partial charge in [0.1, 0.15) is 6.54 Å². The van der Waals surface area contributed by atoms with Gasteiger partial charge < -0.3 is 15.4 Å². The number of pyridine rings is 1. The third kappa shape index (κ3) is 3.57. The molecule has 8 nitrogen and oxygen atoms in total. The SMILES string of the molecule is CNC(=O)Cn1cc(NC(=O)c2cc(OC)nc3ccccc23)cn1. The predicted octanol–water partition coefficient (Wildman–Crippen LogP) is 1.44. The van der Waals surface area contributed by atoms with Crippen molar-refractivity contribution >= 4 is 28.4 Å². The van der Waals surface area contributed by atoms with Crippen LogP contribution in [-0.4, -0.2) is 40.7 Å². The number of aromatic nitrogens is 3. The lowest BCUT2D eigenvalue weighted by Gasteiger charge is -2.08. The van der Waals surface area contributed by atoms with Crippen molar-refractivity contribution in [3.63, 3.8) is 0 Å². The van der Waals surface area contributed by atoms with Gasteiger partial charge in [0.2, 0.25) is 11.8 Å². The Hall–Kier alpha value is -3.42. The molecule has 0 aliphatic heterocycles. The van der Waals surface area contributed by atoms with Crippen molar-refractivity contribution in [2.45, 2.75) is 6.54 Å². The maximum absolute atomic E-state index is 12.7. The summed E-state index contributed by atoms with van der Waals surface area (Å²) >= 11 is 0. The fraction of sp³-hybridized carbons (Fsp3) is 0.176. The quantitative estimate of drug-likeness (QED) is 0.733. The first-order chi connectivity index (χ1) is 12.1.